The van der Waals surface area contributed by atoms with Crippen molar-refractivity contribution in [2.24, 2.45) is 0 Å². The summed E-state index contributed by atoms with van der Waals surface area (Å²) in [6.07, 6.45) is 2.28. The van der Waals surface area contributed by atoms with Gasteiger partial charge in [0.05, 0.1) is 11.1 Å². The zero-order valence-electron chi connectivity index (χ0n) is 11.0. The molecule has 2 aromatic rings. The molecule has 0 bridgehead atoms. The molecule has 0 aliphatic rings. The first kappa shape index (κ1) is 14.5. The van der Waals surface area contributed by atoms with Crippen LogP contribution in [0.4, 0.5) is 5.00 Å². The standard InChI is InChI=1S/C14H12ClN3OS/c1-3-9-8(2)20-14(11(9)7-16)18-13(19)10-5-4-6-17-12(10)15/h4-6H,3H2,1-2H3,(H,18,19). The fourth-order valence-electron chi connectivity index (χ4n) is 1.94. The number of rotatable bonds is 3. The van der Waals surface area contributed by atoms with Crippen molar-refractivity contribution in [1.29, 1.82) is 5.26 Å². The summed E-state index contributed by atoms with van der Waals surface area (Å²) < 4.78 is 0. The Hall–Kier alpha value is -1.90. The van der Waals surface area contributed by atoms with E-state index in [1.54, 1.807) is 12.1 Å². The summed E-state index contributed by atoms with van der Waals surface area (Å²) in [5.74, 6) is -0.358. The first-order valence-electron chi connectivity index (χ1n) is 6.02. The largest absolute Gasteiger partial charge is 0.312 e. The van der Waals surface area contributed by atoms with Gasteiger partial charge < -0.3 is 5.32 Å². The second-order valence-corrected chi connectivity index (χ2v) is 5.68. The average molecular weight is 306 g/mol. The number of carbonyl (C=O) groups excluding carboxylic acids is 1. The van der Waals surface area contributed by atoms with E-state index in [0.29, 0.717) is 16.1 Å². The Morgan fingerprint density at radius 2 is 2.35 bits per heavy atom. The zero-order valence-corrected chi connectivity index (χ0v) is 12.6. The highest BCUT2D eigenvalue weighted by Crippen LogP contribution is 2.33. The molecule has 4 nitrogen and oxygen atoms in total. The van der Waals surface area contributed by atoms with Gasteiger partial charge in [0.25, 0.3) is 5.91 Å². The fraction of sp³-hybridized carbons (Fsp3) is 0.214. The van der Waals surface area contributed by atoms with Gasteiger partial charge in [0.1, 0.15) is 16.2 Å². The minimum atomic E-state index is -0.358. The molecule has 2 aromatic heterocycles. The highest BCUT2D eigenvalue weighted by atomic mass is 35.5. The Balaban J connectivity index is 2.34. The number of aryl methyl sites for hydroxylation is 1. The number of nitriles is 1. The normalized spacial score (nSPS) is 10.1. The van der Waals surface area contributed by atoms with Gasteiger partial charge in [-0.05, 0) is 31.0 Å². The van der Waals surface area contributed by atoms with Gasteiger partial charge >= 0.3 is 0 Å². The number of anilines is 1. The van der Waals surface area contributed by atoms with E-state index in [1.807, 2.05) is 13.8 Å². The van der Waals surface area contributed by atoms with Gasteiger partial charge in [0.15, 0.2) is 0 Å². The van der Waals surface area contributed by atoms with Crippen LogP contribution in [0.5, 0.6) is 0 Å². The van der Waals surface area contributed by atoms with Gasteiger partial charge in [-0.3, -0.25) is 4.79 Å². The third-order valence-electron chi connectivity index (χ3n) is 2.91. The van der Waals surface area contributed by atoms with Crippen LogP contribution in [-0.2, 0) is 6.42 Å². The molecule has 1 amide bonds. The Labute approximate surface area is 126 Å². The van der Waals surface area contributed by atoms with Crippen molar-refractivity contribution >= 4 is 33.8 Å². The number of nitrogens with zero attached hydrogens (tertiary/aromatic N) is 2. The smallest absolute Gasteiger partial charge is 0.259 e. The van der Waals surface area contributed by atoms with Gasteiger partial charge in [-0.2, -0.15) is 5.26 Å². The third-order valence-corrected chi connectivity index (χ3v) is 4.27. The van der Waals surface area contributed by atoms with E-state index in [0.717, 1.165) is 16.9 Å². The SMILES string of the molecule is CCc1c(C)sc(NC(=O)c2cccnc2Cl)c1C#N. The molecule has 6 heteroatoms. The van der Waals surface area contributed by atoms with Gasteiger partial charge in [-0.15, -0.1) is 11.3 Å². The number of hydrogen-bond donors (Lipinski definition) is 1. The number of halogens is 1. The lowest BCUT2D eigenvalue weighted by Crippen LogP contribution is -2.12. The predicted molar refractivity (Wildman–Crippen MR) is 80.3 cm³/mol. The van der Waals surface area contributed by atoms with Crippen molar-refractivity contribution in [2.45, 2.75) is 20.3 Å². The summed E-state index contributed by atoms with van der Waals surface area (Å²) in [5, 5.41) is 12.7. The number of pyridine rings is 1. The van der Waals surface area contributed by atoms with Gasteiger partial charge in [0.2, 0.25) is 0 Å². The molecule has 0 fully saturated rings. The summed E-state index contributed by atoms with van der Waals surface area (Å²) in [6.45, 7) is 3.93. The van der Waals surface area contributed by atoms with Crippen LogP contribution in [0.2, 0.25) is 5.15 Å². The number of thiophene rings is 1. The van der Waals surface area contributed by atoms with E-state index in [2.05, 4.69) is 16.4 Å². The molecule has 102 valence electrons. The Morgan fingerprint density at radius 1 is 1.60 bits per heavy atom. The molecular formula is C14H12ClN3OS. The van der Waals surface area contributed by atoms with Crippen LogP contribution in [-0.4, -0.2) is 10.9 Å². The molecule has 0 saturated heterocycles. The topological polar surface area (TPSA) is 65.8 Å². The molecule has 0 spiro atoms. The predicted octanol–water partition coefficient (Wildman–Crippen LogP) is 3.79. The zero-order chi connectivity index (χ0) is 14.7. The summed E-state index contributed by atoms with van der Waals surface area (Å²) in [5.41, 5.74) is 1.80. The molecule has 0 radical (unpaired) electrons. The number of nitrogens with one attached hydrogen (secondary N) is 1. The maximum Gasteiger partial charge on any atom is 0.259 e. The molecule has 0 aromatic carbocycles. The van der Waals surface area contributed by atoms with Crippen LogP contribution >= 0.6 is 22.9 Å². The van der Waals surface area contributed by atoms with Crippen LogP contribution < -0.4 is 5.32 Å². The summed E-state index contributed by atoms with van der Waals surface area (Å²) in [6, 6.07) is 5.39. The Morgan fingerprint density at radius 3 is 2.95 bits per heavy atom. The highest BCUT2D eigenvalue weighted by molar-refractivity contribution is 7.16. The summed E-state index contributed by atoms with van der Waals surface area (Å²) in [4.78, 5) is 17.1. The molecular weight excluding hydrogens is 294 g/mol. The maximum atomic E-state index is 12.2. The molecule has 0 aliphatic heterocycles. The molecule has 0 atom stereocenters. The first-order valence-corrected chi connectivity index (χ1v) is 7.22. The molecule has 2 heterocycles. The highest BCUT2D eigenvalue weighted by Gasteiger charge is 2.18. The van der Waals surface area contributed by atoms with Crippen molar-refractivity contribution in [3.8, 4) is 6.07 Å². The lowest BCUT2D eigenvalue weighted by Gasteiger charge is -2.04. The van der Waals surface area contributed by atoms with Crippen molar-refractivity contribution < 1.29 is 4.79 Å². The minimum Gasteiger partial charge on any atom is -0.312 e. The minimum absolute atomic E-state index is 0.146. The Bertz CT molecular complexity index is 703. The number of amides is 1. The van der Waals surface area contributed by atoms with Gasteiger partial charge in [-0.1, -0.05) is 18.5 Å². The molecule has 20 heavy (non-hydrogen) atoms. The Kier molecular flexibility index (Phi) is 4.38. The molecule has 1 N–H and O–H groups in total. The van der Waals surface area contributed by atoms with E-state index in [-0.39, 0.29) is 11.1 Å². The van der Waals surface area contributed by atoms with Crippen LogP contribution in [0.25, 0.3) is 0 Å². The number of aromatic nitrogens is 1. The lowest BCUT2D eigenvalue weighted by atomic mass is 10.1. The van der Waals surface area contributed by atoms with Crippen LogP contribution in [0.3, 0.4) is 0 Å². The first-order chi connectivity index (χ1) is 9.58. The van der Waals surface area contributed by atoms with E-state index in [9.17, 15) is 10.1 Å². The quantitative estimate of drug-likeness (QED) is 0.877. The molecule has 0 saturated carbocycles. The van der Waals surface area contributed by atoms with Crippen molar-refractivity contribution in [1.82, 2.24) is 4.98 Å². The summed E-state index contributed by atoms with van der Waals surface area (Å²) in [7, 11) is 0. The van der Waals surface area contributed by atoms with E-state index >= 15 is 0 Å². The molecule has 0 aliphatic carbocycles. The van der Waals surface area contributed by atoms with Crippen molar-refractivity contribution in [2.75, 3.05) is 5.32 Å². The average Bonchev–Trinajstić information content (AvgIpc) is 2.73. The number of carbonyl (C=O) groups is 1. The van der Waals surface area contributed by atoms with Crippen molar-refractivity contribution in [3.63, 3.8) is 0 Å². The van der Waals surface area contributed by atoms with Gasteiger partial charge in [0, 0.05) is 11.1 Å². The fourth-order valence-corrected chi connectivity index (χ4v) is 3.23. The lowest BCUT2D eigenvalue weighted by molar-refractivity contribution is 0.102. The summed E-state index contributed by atoms with van der Waals surface area (Å²) >= 11 is 7.29. The second-order valence-electron chi connectivity index (χ2n) is 4.10. The third kappa shape index (κ3) is 2.67. The second kappa shape index (κ2) is 6.04. The van der Waals surface area contributed by atoms with Gasteiger partial charge in [-0.25, -0.2) is 4.98 Å². The molecule has 2 rings (SSSR count). The van der Waals surface area contributed by atoms with E-state index in [1.165, 1.54) is 17.5 Å². The maximum absolute atomic E-state index is 12.2. The molecule has 0 unspecified atom stereocenters. The van der Waals surface area contributed by atoms with E-state index < -0.39 is 0 Å². The van der Waals surface area contributed by atoms with Crippen LogP contribution in [0, 0.1) is 18.3 Å². The van der Waals surface area contributed by atoms with E-state index in [4.69, 9.17) is 11.6 Å². The van der Waals surface area contributed by atoms with Crippen LogP contribution in [0.1, 0.15) is 33.3 Å². The van der Waals surface area contributed by atoms with Crippen LogP contribution in [0.15, 0.2) is 18.3 Å². The number of hydrogen-bond acceptors (Lipinski definition) is 4. The van der Waals surface area contributed by atoms with Crippen molar-refractivity contribution in [3.05, 3.63) is 45.1 Å². The monoisotopic (exact) mass is 305 g/mol.